The molecule has 0 fully saturated rings. The number of hydrogen-bond donors (Lipinski definition) is 1. The topological polar surface area (TPSA) is 26.0 Å². The summed E-state index contributed by atoms with van der Waals surface area (Å²) in [6, 6.07) is 14.5. The second-order valence-corrected chi connectivity index (χ2v) is 2.84. The summed E-state index contributed by atoms with van der Waals surface area (Å²) in [5.74, 6) is 0. The number of hydrogen-bond acceptors (Lipinski definition) is 1. The Morgan fingerprint density at radius 2 is 1.38 bits per heavy atom. The number of benzene rings is 2. The molecule has 2 rings (SSSR count). The van der Waals surface area contributed by atoms with Crippen molar-refractivity contribution < 1.29 is 0 Å². The van der Waals surface area contributed by atoms with Crippen molar-refractivity contribution in [3.63, 3.8) is 0 Å². The van der Waals surface area contributed by atoms with Gasteiger partial charge in [-0.25, -0.2) is 0 Å². The average molecular weight is 217 g/mol. The highest BCUT2D eigenvalue weighted by atomic mass is 14.5. The second kappa shape index (κ2) is 8.93. The predicted molar refractivity (Wildman–Crippen MR) is 74.5 cm³/mol. The summed E-state index contributed by atoms with van der Waals surface area (Å²) < 4.78 is 0. The van der Waals surface area contributed by atoms with Crippen LogP contribution in [0.25, 0.3) is 10.8 Å². The lowest BCUT2D eigenvalue weighted by molar-refractivity contribution is 1.09. The lowest BCUT2D eigenvalue weighted by Gasteiger charge is -2.02. The fraction of sp³-hybridized carbons (Fsp3) is 0.333. The summed E-state index contributed by atoms with van der Waals surface area (Å²) in [5.41, 5.74) is 6.83. The minimum Gasteiger partial charge on any atom is -0.326 e. The lowest BCUT2D eigenvalue weighted by Crippen LogP contribution is -1.96. The Kier molecular flexibility index (Phi) is 8.18. The molecule has 0 heterocycles. The quantitative estimate of drug-likeness (QED) is 0.755. The fourth-order valence-electron chi connectivity index (χ4n) is 1.47. The van der Waals surface area contributed by atoms with E-state index >= 15 is 0 Å². The molecule has 2 aromatic carbocycles. The molecule has 0 radical (unpaired) electrons. The first-order valence-corrected chi connectivity index (χ1v) is 6.08. The number of fused-ring (bicyclic) bond motifs is 1. The highest BCUT2D eigenvalue weighted by molar-refractivity contribution is 5.85. The molecule has 1 nitrogen and oxygen atoms in total. The van der Waals surface area contributed by atoms with Crippen LogP contribution in [0.2, 0.25) is 0 Å². The van der Waals surface area contributed by atoms with Gasteiger partial charge >= 0.3 is 0 Å². The molecule has 0 saturated heterocycles. The highest BCUT2D eigenvalue weighted by Crippen LogP contribution is 2.17. The number of rotatable bonds is 1. The Hall–Kier alpha value is -1.34. The van der Waals surface area contributed by atoms with Crippen LogP contribution < -0.4 is 5.73 Å². The Morgan fingerprint density at radius 3 is 2.00 bits per heavy atom. The zero-order valence-electron chi connectivity index (χ0n) is 10.8. The molecule has 1 heteroatoms. The van der Waals surface area contributed by atoms with Gasteiger partial charge in [0.05, 0.1) is 0 Å². The first-order chi connectivity index (χ1) is 7.92. The Bertz CT molecular complexity index is 388. The summed E-state index contributed by atoms with van der Waals surface area (Å²) >= 11 is 0. The summed E-state index contributed by atoms with van der Waals surface area (Å²) in [6.45, 7) is 8.61. The molecule has 16 heavy (non-hydrogen) atoms. The van der Waals surface area contributed by atoms with Crippen molar-refractivity contribution in [1.29, 1.82) is 0 Å². The molecule has 0 aliphatic rings. The largest absolute Gasteiger partial charge is 0.326 e. The van der Waals surface area contributed by atoms with Crippen LogP contribution in [0, 0.1) is 0 Å². The maximum Gasteiger partial charge on any atom is 0.0184 e. The molecule has 0 aromatic heterocycles. The van der Waals surface area contributed by atoms with Crippen LogP contribution in [-0.2, 0) is 6.54 Å². The number of nitrogens with two attached hydrogens (primary N) is 1. The van der Waals surface area contributed by atoms with Crippen LogP contribution >= 0.6 is 0 Å². The third-order valence-corrected chi connectivity index (χ3v) is 2.10. The van der Waals surface area contributed by atoms with Crippen molar-refractivity contribution in [1.82, 2.24) is 0 Å². The predicted octanol–water partition coefficient (Wildman–Crippen LogP) is 4.35. The first-order valence-electron chi connectivity index (χ1n) is 6.08. The Labute approximate surface area is 99.3 Å². The minimum absolute atomic E-state index is 0.612. The van der Waals surface area contributed by atoms with Crippen LogP contribution in [0.1, 0.15) is 33.3 Å². The van der Waals surface area contributed by atoms with Crippen LogP contribution in [0.5, 0.6) is 0 Å². The summed E-state index contributed by atoms with van der Waals surface area (Å²) in [5, 5.41) is 2.53. The van der Waals surface area contributed by atoms with Gasteiger partial charge in [0.25, 0.3) is 0 Å². The van der Waals surface area contributed by atoms with E-state index in [1.807, 2.05) is 45.9 Å². The van der Waals surface area contributed by atoms with Gasteiger partial charge in [-0.15, -0.1) is 0 Å². The van der Waals surface area contributed by atoms with Gasteiger partial charge in [-0.05, 0) is 16.3 Å². The van der Waals surface area contributed by atoms with E-state index in [2.05, 4.69) is 24.3 Å². The van der Waals surface area contributed by atoms with E-state index in [4.69, 9.17) is 5.73 Å². The highest BCUT2D eigenvalue weighted by Gasteiger charge is 1.95. The maximum absolute atomic E-state index is 5.62. The summed E-state index contributed by atoms with van der Waals surface area (Å²) in [4.78, 5) is 0. The molecule has 0 aliphatic heterocycles. The van der Waals surface area contributed by atoms with E-state index in [-0.39, 0.29) is 0 Å². The van der Waals surface area contributed by atoms with E-state index in [9.17, 15) is 0 Å². The van der Waals surface area contributed by atoms with E-state index < -0.39 is 0 Å². The zero-order valence-corrected chi connectivity index (χ0v) is 10.8. The molecule has 0 aliphatic carbocycles. The van der Waals surface area contributed by atoms with Gasteiger partial charge in [0.2, 0.25) is 0 Å². The zero-order chi connectivity index (χ0) is 12.4. The van der Waals surface area contributed by atoms with Crippen LogP contribution in [0.15, 0.2) is 42.5 Å². The van der Waals surface area contributed by atoms with Crippen molar-refractivity contribution in [2.24, 2.45) is 5.73 Å². The third kappa shape index (κ3) is 3.67. The van der Waals surface area contributed by atoms with Crippen LogP contribution in [0.4, 0.5) is 0 Å². The van der Waals surface area contributed by atoms with Crippen LogP contribution in [0.3, 0.4) is 0 Å². The van der Waals surface area contributed by atoms with E-state index in [1.165, 1.54) is 16.3 Å². The van der Waals surface area contributed by atoms with Crippen LogP contribution in [-0.4, -0.2) is 0 Å². The molecular formula is C15H23N. The standard InChI is InChI=1S/C11H11N.2C2H6/c12-8-10-6-3-5-9-4-1-2-7-11(9)10;2*1-2/h1-7H,8,12H2;2*1-2H3. The Morgan fingerprint density at radius 1 is 0.812 bits per heavy atom. The van der Waals surface area contributed by atoms with E-state index in [1.54, 1.807) is 0 Å². The van der Waals surface area contributed by atoms with Gasteiger partial charge in [-0.1, -0.05) is 70.2 Å². The molecule has 0 saturated carbocycles. The van der Waals surface area contributed by atoms with Gasteiger partial charge < -0.3 is 5.73 Å². The molecule has 0 amide bonds. The average Bonchev–Trinajstić information content (AvgIpc) is 2.42. The van der Waals surface area contributed by atoms with Crippen molar-refractivity contribution in [3.8, 4) is 0 Å². The summed E-state index contributed by atoms with van der Waals surface area (Å²) in [6.07, 6.45) is 0. The molecule has 0 atom stereocenters. The van der Waals surface area contributed by atoms with Gasteiger partial charge in [-0.3, -0.25) is 0 Å². The lowest BCUT2D eigenvalue weighted by atomic mass is 10.1. The fourth-order valence-corrected chi connectivity index (χ4v) is 1.47. The van der Waals surface area contributed by atoms with Crippen molar-refractivity contribution >= 4 is 10.8 Å². The van der Waals surface area contributed by atoms with Crippen molar-refractivity contribution in [3.05, 3.63) is 48.0 Å². The van der Waals surface area contributed by atoms with Gasteiger partial charge in [0, 0.05) is 6.54 Å². The summed E-state index contributed by atoms with van der Waals surface area (Å²) in [7, 11) is 0. The van der Waals surface area contributed by atoms with Crippen molar-refractivity contribution in [2.75, 3.05) is 0 Å². The van der Waals surface area contributed by atoms with Gasteiger partial charge in [0.1, 0.15) is 0 Å². The van der Waals surface area contributed by atoms with Gasteiger partial charge in [-0.2, -0.15) is 0 Å². The molecule has 2 aromatic rings. The third-order valence-electron chi connectivity index (χ3n) is 2.10. The van der Waals surface area contributed by atoms with Crippen molar-refractivity contribution in [2.45, 2.75) is 34.2 Å². The molecular weight excluding hydrogens is 194 g/mol. The Balaban J connectivity index is 0.000000509. The normalized spacial score (nSPS) is 8.56. The molecule has 88 valence electrons. The minimum atomic E-state index is 0.612. The SMILES string of the molecule is CC.CC.NCc1cccc2ccccc12. The van der Waals surface area contributed by atoms with E-state index in [0.717, 1.165) is 0 Å². The second-order valence-electron chi connectivity index (χ2n) is 2.84. The molecule has 0 unspecified atom stereocenters. The van der Waals surface area contributed by atoms with Gasteiger partial charge in [0.15, 0.2) is 0 Å². The molecule has 0 spiro atoms. The monoisotopic (exact) mass is 217 g/mol. The maximum atomic E-state index is 5.62. The smallest absolute Gasteiger partial charge is 0.0184 e. The van der Waals surface area contributed by atoms with E-state index in [0.29, 0.717) is 6.54 Å². The molecule has 0 bridgehead atoms. The molecule has 2 N–H and O–H groups in total. The first kappa shape index (κ1) is 14.7.